The molecule has 0 aliphatic carbocycles. The molecule has 1 atom stereocenters. The standard InChI is InChI=1S/C29H29BrN6O2S/c1-3-16-36-27(19-31-25-13-5-4-6-14-25)33-35-29(36)39-21(2)28(37)34-32-18-23-11-7-8-15-26(23)38-20-22-10-9-12-24(30)17-22/h3-15,17-18,21,31H,1,16,19-20H2,2H3,(H,34,37)/b32-18+/t21-/m1/s1. The van der Waals surface area contributed by atoms with Crippen LogP contribution in [0.4, 0.5) is 5.69 Å². The molecule has 1 aromatic heterocycles. The quantitative estimate of drug-likeness (QED) is 0.0835. The molecule has 10 heteroatoms. The number of rotatable bonds is 13. The molecule has 200 valence electrons. The smallest absolute Gasteiger partial charge is 0.253 e. The van der Waals surface area contributed by atoms with Crippen molar-refractivity contribution >= 4 is 45.5 Å². The maximum absolute atomic E-state index is 12.8. The summed E-state index contributed by atoms with van der Waals surface area (Å²) in [6.45, 7) is 7.10. The molecule has 0 saturated carbocycles. The highest BCUT2D eigenvalue weighted by Gasteiger charge is 2.19. The summed E-state index contributed by atoms with van der Waals surface area (Å²) in [5, 5.41) is 16.3. The average molecular weight is 606 g/mol. The maximum atomic E-state index is 12.8. The Morgan fingerprint density at radius 1 is 1.13 bits per heavy atom. The number of ether oxygens (including phenoxy) is 1. The van der Waals surface area contributed by atoms with E-state index >= 15 is 0 Å². The lowest BCUT2D eigenvalue weighted by atomic mass is 10.2. The molecule has 4 rings (SSSR count). The van der Waals surface area contributed by atoms with E-state index < -0.39 is 5.25 Å². The molecule has 8 nitrogen and oxygen atoms in total. The van der Waals surface area contributed by atoms with Crippen molar-refractivity contribution in [2.75, 3.05) is 5.32 Å². The van der Waals surface area contributed by atoms with Crippen molar-refractivity contribution in [3.05, 3.63) is 113 Å². The highest BCUT2D eigenvalue weighted by Crippen LogP contribution is 2.23. The summed E-state index contributed by atoms with van der Waals surface area (Å²) in [5.41, 5.74) is 5.41. The van der Waals surface area contributed by atoms with Crippen molar-refractivity contribution < 1.29 is 9.53 Å². The monoisotopic (exact) mass is 604 g/mol. The van der Waals surface area contributed by atoms with Gasteiger partial charge in [-0.3, -0.25) is 4.79 Å². The van der Waals surface area contributed by atoms with Crippen LogP contribution in [0.5, 0.6) is 5.75 Å². The number of hydrogen-bond acceptors (Lipinski definition) is 7. The molecule has 0 aliphatic heterocycles. The predicted molar refractivity (Wildman–Crippen MR) is 160 cm³/mol. The van der Waals surface area contributed by atoms with Gasteiger partial charge < -0.3 is 14.6 Å². The third-order valence-corrected chi connectivity index (χ3v) is 7.14. The van der Waals surface area contributed by atoms with E-state index in [1.165, 1.54) is 11.8 Å². The number of allylic oxidation sites excluding steroid dienone is 1. The highest BCUT2D eigenvalue weighted by atomic mass is 79.9. The maximum Gasteiger partial charge on any atom is 0.253 e. The summed E-state index contributed by atoms with van der Waals surface area (Å²) in [6, 6.07) is 25.4. The van der Waals surface area contributed by atoms with Crippen molar-refractivity contribution in [3.8, 4) is 5.75 Å². The van der Waals surface area contributed by atoms with Crippen molar-refractivity contribution in [1.29, 1.82) is 0 Å². The number of benzene rings is 3. The fourth-order valence-electron chi connectivity index (χ4n) is 3.56. The number of halogens is 1. The zero-order chi connectivity index (χ0) is 27.5. The fraction of sp³-hybridized carbons (Fsp3) is 0.172. The lowest BCUT2D eigenvalue weighted by Crippen LogP contribution is -2.27. The molecule has 0 bridgehead atoms. The molecule has 4 aromatic rings. The van der Waals surface area contributed by atoms with E-state index in [1.54, 1.807) is 19.2 Å². The summed E-state index contributed by atoms with van der Waals surface area (Å²) in [7, 11) is 0. The van der Waals surface area contributed by atoms with Gasteiger partial charge in [-0.15, -0.1) is 16.8 Å². The Balaban J connectivity index is 1.34. The van der Waals surface area contributed by atoms with Crippen molar-refractivity contribution in [1.82, 2.24) is 20.2 Å². The van der Waals surface area contributed by atoms with E-state index in [2.05, 4.69) is 48.6 Å². The first-order valence-electron chi connectivity index (χ1n) is 12.3. The van der Waals surface area contributed by atoms with Crippen molar-refractivity contribution in [3.63, 3.8) is 0 Å². The predicted octanol–water partition coefficient (Wildman–Crippen LogP) is 6.05. The van der Waals surface area contributed by atoms with Gasteiger partial charge in [-0.2, -0.15) is 5.10 Å². The van der Waals surface area contributed by atoms with Crippen LogP contribution >= 0.6 is 27.7 Å². The first kappa shape index (κ1) is 28.1. The molecular formula is C29H29BrN6O2S. The lowest BCUT2D eigenvalue weighted by Gasteiger charge is -2.12. The van der Waals surface area contributed by atoms with E-state index in [0.717, 1.165) is 27.1 Å². The van der Waals surface area contributed by atoms with Gasteiger partial charge in [0.05, 0.1) is 18.0 Å². The highest BCUT2D eigenvalue weighted by molar-refractivity contribution is 9.10. The summed E-state index contributed by atoms with van der Waals surface area (Å²) in [4.78, 5) is 12.8. The molecule has 0 unspecified atom stereocenters. The van der Waals surface area contributed by atoms with E-state index in [1.807, 2.05) is 83.4 Å². The minimum absolute atomic E-state index is 0.249. The normalized spacial score (nSPS) is 11.7. The Morgan fingerprint density at radius 3 is 2.72 bits per heavy atom. The molecule has 0 saturated heterocycles. The molecule has 0 radical (unpaired) electrons. The number of carbonyl (C=O) groups is 1. The van der Waals surface area contributed by atoms with Crippen LogP contribution in [0.3, 0.4) is 0 Å². The van der Waals surface area contributed by atoms with Gasteiger partial charge in [0, 0.05) is 22.3 Å². The lowest BCUT2D eigenvalue weighted by molar-refractivity contribution is -0.120. The third-order valence-electron chi connectivity index (χ3n) is 5.56. The van der Waals surface area contributed by atoms with E-state index in [4.69, 9.17) is 4.74 Å². The molecular weight excluding hydrogens is 576 g/mol. The van der Waals surface area contributed by atoms with E-state index in [0.29, 0.717) is 30.6 Å². The zero-order valence-electron chi connectivity index (χ0n) is 21.5. The minimum Gasteiger partial charge on any atom is -0.488 e. The van der Waals surface area contributed by atoms with Gasteiger partial charge in [0.15, 0.2) is 11.0 Å². The zero-order valence-corrected chi connectivity index (χ0v) is 23.9. The number of nitrogens with one attached hydrogen (secondary N) is 2. The Bertz CT molecular complexity index is 1430. The Hall–Kier alpha value is -3.89. The molecule has 1 heterocycles. The molecule has 3 aromatic carbocycles. The summed E-state index contributed by atoms with van der Waals surface area (Å²) in [6.07, 6.45) is 3.36. The Labute approximate surface area is 240 Å². The number of hydrogen-bond donors (Lipinski definition) is 2. The number of carbonyl (C=O) groups excluding carboxylic acids is 1. The fourth-order valence-corrected chi connectivity index (χ4v) is 4.88. The second-order valence-electron chi connectivity index (χ2n) is 8.47. The van der Waals surface area contributed by atoms with E-state index in [-0.39, 0.29) is 5.91 Å². The first-order chi connectivity index (χ1) is 19.0. The number of aromatic nitrogens is 3. The van der Waals surface area contributed by atoms with Crippen LogP contribution in [0.2, 0.25) is 0 Å². The molecule has 1 amide bonds. The molecule has 0 spiro atoms. The molecule has 0 aliphatic rings. The number of anilines is 1. The summed E-state index contributed by atoms with van der Waals surface area (Å²) >= 11 is 4.79. The summed E-state index contributed by atoms with van der Waals surface area (Å²) in [5.74, 6) is 1.18. The Morgan fingerprint density at radius 2 is 1.92 bits per heavy atom. The van der Waals surface area contributed by atoms with Crippen LogP contribution in [0.25, 0.3) is 0 Å². The van der Waals surface area contributed by atoms with Crippen molar-refractivity contribution in [2.24, 2.45) is 5.10 Å². The van der Waals surface area contributed by atoms with E-state index in [9.17, 15) is 4.79 Å². The van der Waals surface area contributed by atoms with Crippen molar-refractivity contribution in [2.45, 2.75) is 37.0 Å². The molecule has 39 heavy (non-hydrogen) atoms. The van der Waals surface area contributed by atoms with Gasteiger partial charge in [0.25, 0.3) is 5.91 Å². The van der Waals surface area contributed by atoms with Crippen LogP contribution < -0.4 is 15.5 Å². The number of amides is 1. The van der Waals surface area contributed by atoms with Crippen LogP contribution in [-0.4, -0.2) is 32.1 Å². The summed E-state index contributed by atoms with van der Waals surface area (Å²) < 4.78 is 8.93. The first-order valence-corrected chi connectivity index (χ1v) is 14.0. The number of thioether (sulfide) groups is 1. The van der Waals surface area contributed by atoms with Gasteiger partial charge in [-0.25, -0.2) is 5.43 Å². The van der Waals surface area contributed by atoms with Crippen LogP contribution in [0.15, 0.2) is 106 Å². The number of hydrazone groups is 1. The van der Waals surface area contributed by atoms with Crippen LogP contribution in [-0.2, 0) is 24.5 Å². The average Bonchev–Trinajstić information content (AvgIpc) is 3.32. The Kier molecular flexibility index (Phi) is 10.3. The van der Waals surface area contributed by atoms with Crippen LogP contribution in [0.1, 0.15) is 23.9 Å². The molecule has 2 N–H and O–H groups in total. The third kappa shape index (κ3) is 8.30. The van der Waals surface area contributed by atoms with Gasteiger partial charge in [0.1, 0.15) is 12.4 Å². The number of para-hydroxylation sites is 2. The van der Waals surface area contributed by atoms with Gasteiger partial charge in [-0.1, -0.05) is 76.2 Å². The molecule has 0 fully saturated rings. The minimum atomic E-state index is -0.451. The van der Waals surface area contributed by atoms with Gasteiger partial charge in [-0.05, 0) is 48.9 Å². The largest absolute Gasteiger partial charge is 0.488 e. The SMILES string of the molecule is C=CCn1c(CNc2ccccc2)nnc1S[C@H](C)C(=O)N/N=C/c1ccccc1OCc1cccc(Br)c1. The van der Waals surface area contributed by atoms with Gasteiger partial charge in [0.2, 0.25) is 0 Å². The van der Waals surface area contributed by atoms with Crippen LogP contribution in [0, 0.1) is 0 Å². The number of nitrogens with zero attached hydrogens (tertiary/aromatic N) is 4. The van der Waals surface area contributed by atoms with Gasteiger partial charge >= 0.3 is 0 Å². The second-order valence-corrected chi connectivity index (χ2v) is 10.7. The topological polar surface area (TPSA) is 93.4 Å². The second kappa shape index (κ2) is 14.3.